The zero-order chi connectivity index (χ0) is 25.3. The molecule has 9 nitrogen and oxygen atoms in total. The van der Waals surface area contributed by atoms with E-state index in [4.69, 9.17) is 9.47 Å². The molecule has 4 rings (SSSR count). The minimum Gasteiger partial charge on any atom is -0.493 e. The molecule has 2 aliphatic rings. The molecule has 2 aliphatic heterocycles. The first-order chi connectivity index (χ1) is 17.6. The fourth-order valence-corrected chi connectivity index (χ4v) is 4.72. The van der Waals surface area contributed by atoms with Gasteiger partial charge in [-0.1, -0.05) is 30.8 Å². The molecule has 2 aromatic carbocycles. The normalized spacial score (nSPS) is 16.4. The van der Waals surface area contributed by atoms with Crippen LogP contribution in [0.25, 0.3) is 0 Å². The summed E-state index contributed by atoms with van der Waals surface area (Å²) in [7, 11) is 1.62. The second-order valence-corrected chi connectivity index (χ2v) is 9.57. The van der Waals surface area contributed by atoms with Gasteiger partial charge in [-0.3, -0.25) is 14.5 Å². The summed E-state index contributed by atoms with van der Waals surface area (Å²) in [6, 6.07) is 13.3. The van der Waals surface area contributed by atoms with Crippen molar-refractivity contribution in [2.24, 2.45) is 5.10 Å². The first kappa shape index (κ1) is 26.0. The van der Waals surface area contributed by atoms with Crippen molar-refractivity contribution in [2.75, 3.05) is 57.5 Å². The second kappa shape index (κ2) is 12.8. The summed E-state index contributed by atoms with van der Waals surface area (Å²) in [4.78, 5) is 27.0. The van der Waals surface area contributed by atoms with Crippen LogP contribution in [0.2, 0.25) is 0 Å². The Bertz CT molecular complexity index is 1090. The highest BCUT2D eigenvalue weighted by Gasteiger charge is 2.23. The molecule has 2 heterocycles. The minimum absolute atomic E-state index is 0.0247. The minimum atomic E-state index is -0.0943. The number of hydrazone groups is 1. The summed E-state index contributed by atoms with van der Waals surface area (Å²) >= 11 is 1.23. The standard InChI is InChI=1S/C26H33N5O4S/c1-3-14-35-24-15-20(6-9-23(24)34-2)22-18-36-26(33)31(29-22)16-19-4-7-21(8-5-19)28-25(32)17-30-12-10-27-11-13-30/h4-9,15,27H,3,10-14,16-18H2,1-2H3,(H,28,32). The fourth-order valence-electron chi connectivity index (χ4n) is 3.98. The van der Waals surface area contributed by atoms with Crippen LogP contribution in [0.1, 0.15) is 24.5 Å². The lowest BCUT2D eigenvalue weighted by atomic mass is 10.1. The number of hydrogen-bond acceptors (Lipinski definition) is 8. The van der Waals surface area contributed by atoms with Gasteiger partial charge in [0, 0.05) is 43.2 Å². The van der Waals surface area contributed by atoms with Crippen LogP contribution in [-0.2, 0) is 11.3 Å². The van der Waals surface area contributed by atoms with Crippen molar-refractivity contribution in [1.82, 2.24) is 15.2 Å². The molecule has 0 aliphatic carbocycles. The van der Waals surface area contributed by atoms with Gasteiger partial charge in [0.05, 0.1) is 32.5 Å². The van der Waals surface area contributed by atoms with E-state index in [0.29, 0.717) is 36.9 Å². The number of carbonyl (C=O) groups excluding carboxylic acids is 2. The number of nitrogens with zero attached hydrogens (tertiary/aromatic N) is 3. The number of carbonyl (C=O) groups is 2. The lowest BCUT2D eigenvalue weighted by molar-refractivity contribution is -0.117. The maximum atomic E-state index is 12.6. The van der Waals surface area contributed by atoms with Gasteiger partial charge >= 0.3 is 5.24 Å². The Hall–Kier alpha value is -3.08. The Morgan fingerprint density at radius 2 is 1.92 bits per heavy atom. The maximum Gasteiger partial charge on any atom is 0.302 e. The molecule has 10 heteroatoms. The van der Waals surface area contributed by atoms with Crippen LogP contribution in [0.15, 0.2) is 47.6 Å². The number of benzene rings is 2. The third kappa shape index (κ3) is 6.99. The lowest BCUT2D eigenvalue weighted by Crippen LogP contribution is -2.46. The molecule has 2 amide bonds. The van der Waals surface area contributed by atoms with Gasteiger partial charge in [0.25, 0.3) is 0 Å². The second-order valence-electron chi connectivity index (χ2n) is 8.64. The van der Waals surface area contributed by atoms with Gasteiger partial charge in [0.2, 0.25) is 5.91 Å². The van der Waals surface area contributed by atoms with Crippen LogP contribution in [0.4, 0.5) is 10.5 Å². The van der Waals surface area contributed by atoms with Gasteiger partial charge in [0.1, 0.15) is 0 Å². The topological polar surface area (TPSA) is 95.5 Å². The number of piperazine rings is 1. The molecular weight excluding hydrogens is 478 g/mol. The molecule has 1 fully saturated rings. The summed E-state index contributed by atoms with van der Waals surface area (Å²) in [6.07, 6.45) is 0.894. The molecule has 0 atom stereocenters. The SMILES string of the molecule is CCCOc1cc(C2=NN(Cc3ccc(NC(=O)CN4CCNCC4)cc3)C(=O)SC2)ccc1OC. The number of hydrogen-bond donors (Lipinski definition) is 2. The van der Waals surface area contributed by atoms with Crippen LogP contribution < -0.4 is 20.1 Å². The highest BCUT2D eigenvalue weighted by atomic mass is 32.2. The van der Waals surface area contributed by atoms with E-state index in [1.54, 1.807) is 7.11 Å². The largest absolute Gasteiger partial charge is 0.493 e. The van der Waals surface area contributed by atoms with Crippen molar-refractivity contribution in [3.05, 3.63) is 53.6 Å². The van der Waals surface area contributed by atoms with E-state index in [9.17, 15) is 9.59 Å². The van der Waals surface area contributed by atoms with Crippen molar-refractivity contribution in [2.45, 2.75) is 19.9 Å². The van der Waals surface area contributed by atoms with E-state index >= 15 is 0 Å². The number of ether oxygens (including phenoxy) is 2. The third-order valence-corrected chi connectivity index (χ3v) is 6.77. The molecule has 192 valence electrons. The van der Waals surface area contributed by atoms with Gasteiger partial charge in [-0.15, -0.1) is 0 Å². The predicted molar refractivity (Wildman–Crippen MR) is 143 cm³/mol. The van der Waals surface area contributed by atoms with Crippen LogP contribution >= 0.6 is 11.8 Å². The highest BCUT2D eigenvalue weighted by molar-refractivity contribution is 8.14. The molecule has 0 bridgehead atoms. The molecule has 36 heavy (non-hydrogen) atoms. The lowest BCUT2D eigenvalue weighted by Gasteiger charge is -2.26. The zero-order valence-electron chi connectivity index (χ0n) is 20.8. The van der Waals surface area contributed by atoms with Gasteiger partial charge < -0.3 is 20.1 Å². The molecule has 0 aromatic heterocycles. The molecule has 2 aromatic rings. The number of thioether (sulfide) groups is 1. The van der Waals surface area contributed by atoms with Crippen LogP contribution in [-0.4, -0.2) is 79.0 Å². The number of amides is 2. The average molecular weight is 512 g/mol. The van der Waals surface area contributed by atoms with Crippen LogP contribution in [0, 0.1) is 0 Å². The Kier molecular flexibility index (Phi) is 9.21. The van der Waals surface area contributed by atoms with E-state index in [0.717, 1.165) is 55.1 Å². The number of nitrogens with one attached hydrogen (secondary N) is 2. The zero-order valence-corrected chi connectivity index (χ0v) is 21.6. The van der Waals surface area contributed by atoms with Crippen molar-refractivity contribution in [1.29, 1.82) is 0 Å². The van der Waals surface area contributed by atoms with E-state index in [1.807, 2.05) is 42.5 Å². The summed E-state index contributed by atoms with van der Waals surface area (Å²) in [5, 5.41) is 12.3. The van der Waals surface area contributed by atoms with E-state index in [-0.39, 0.29) is 11.1 Å². The highest BCUT2D eigenvalue weighted by Crippen LogP contribution is 2.30. The fraction of sp³-hybridized carbons (Fsp3) is 0.423. The van der Waals surface area contributed by atoms with Crippen molar-refractivity contribution >= 4 is 34.3 Å². The number of anilines is 1. The Balaban J connectivity index is 1.39. The summed E-state index contributed by atoms with van der Waals surface area (Å²) in [6.45, 7) is 6.95. The first-order valence-electron chi connectivity index (χ1n) is 12.2. The van der Waals surface area contributed by atoms with Crippen molar-refractivity contribution in [3.63, 3.8) is 0 Å². The molecule has 0 spiro atoms. The van der Waals surface area contributed by atoms with Gasteiger partial charge in [-0.2, -0.15) is 5.10 Å². The summed E-state index contributed by atoms with van der Waals surface area (Å²) < 4.78 is 11.2. The van der Waals surface area contributed by atoms with Gasteiger partial charge in [-0.05, 0) is 42.3 Å². The van der Waals surface area contributed by atoms with Gasteiger partial charge in [0.15, 0.2) is 11.5 Å². The number of rotatable bonds is 10. The quantitative estimate of drug-likeness (QED) is 0.505. The molecule has 0 saturated carbocycles. The van der Waals surface area contributed by atoms with Crippen LogP contribution in [0.3, 0.4) is 0 Å². The molecular formula is C26H33N5O4S. The Morgan fingerprint density at radius 3 is 2.64 bits per heavy atom. The van der Waals surface area contributed by atoms with Crippen LogP contribution in [0.5, 0.6) is 11.5 Å². The molecule has 1 saturated heterocycles. The monoisotopic (exact) mass is 511 g/mol. The van der Waals surface area contributed by atoms with E-state index in [1.165, 1.54) is 16.8 Å². The molecule has 2 N–H and O–H groups in total. The molecule has 0 radical (unpaired) electrons. The molecule has 0 unspecified atom stereocenters. The number of methoxy groups -OCH3 is 1. The Morgan fingerprint density at radius 1 is 1.14 bits per heavy atom. The van der Waals surface area contributed by atoms with Gasteiger partial charge in [-0.25, -0.2) is 5.01 Å². The van der Waals surface area contributed by atoms with E-state index in [2.05, 4.69) is 27.6 Å². The van der Waals surface area contributed by atoms with E-state index < -0.39 is 0 Å². The Labute approximate surface area is 216 Å². The maximum absolute atomic E-state index is 12.6. The van der Waals surface area contributed by atoms with Crippen molar-refractivity contribution < 1.29 is 19.1 Å². The summed E-state index contributed by atoms with van der Waals surface area (Å²) in [5.41, 5.74) is 3.37. The first-order valence-corrected chi connectivity index (χ1v) is 13.2. The van der Waals surface area contributed by atoms with Crippen molar-refractivity contribution in [3.8, 4) is 11.5 Å². The smallest absolute Gasteiger partial charge is 0.302 e. The summed E-state index contributed by atoms with van der Waals surface area (Å²) in [5.74, 6) is 1.81. The third-order valence-electron chi connectivity index (χ3n) is 5.89. The average Bonchev–Trinajstić information content (AvgIpc) is 2.90. The predicted octanol–water partition coefficient (Wildman–Crippen LogP) is 3.40.